The van der Waals surface area contributed by atoms with Gasteiger partial charge >= 0.3 is 0 Å². The van der Waals surface area contributed by atoms with Gasteiger partial charge in [-0.05, 0) is 37.0 Å². The summed E-state index contributed by atoms with van der Waals surface area (Å²) in [4.78, 5) is 14.0. The number of halogens is 1. The van der Waals surface area contributed by atoms with Crippen LogP contribution in [-0.2, 0) is 4.79 Å². The molecule has 0 atom stereocenters. The largest absolute Gasteiger partial charge is 0.329 e. The molecular weight excluding hydrogens is 231 g/mol. The van der Waals surface area contributed by atoms with Gasteiger partial charge in [-0.3, -0.25) is 4.79 Å². The van der Waals surface area contributed by atoms with E-state index >= 15 is 0 Å². The summed E-state index contributed by atoms with van der Waals surface area (Å²) in [6.45, 7) is 2.47. The van der Waals surface area contributed by atoms with E-state index in [2.05, 4.69) is 6.92 Å². The van der Waals surface area contributed by atoms with Gasteiger partial charge in [0.1, 0.15) is 5.82 Å². The van der Waals surface area contributed by atoms with Crippen molar-refractivity contribution in [2.45, 2.75) is 19.8 Å². The normalized spacial score (nSPS) is 26.6. The van der Waals surface area contributed by atoms with E-state index in [1.165, 1.54) is 17.0 Å². The van der Waals surface area contributed by atoms with E-state index in [-0.39, 0.29) is 11.7 Å². The van der Waals surface area contributed by atoms with Crippen LogP contribution in [0.25, 0.3) is 0 Å². The molecule has 0 saturated heterocycles. The maximum absolute atomic E-state index is 13.2. The van der Waals surface area contributed by atoms with Crippen molar-refractivity contribution in [3.63, 3.8) is 0 Å². The second-order valence-electron chi connectivity index (χ2n) is 5.34. The average Bonchev–Trinajstić information content (AvgIpc) is 2.33. The Kier molecular flexibility index (Phi) is 3.39. The van der Waals surface area contributed by atoms with E-state index in [4.69, 9.17) is 5.73 Å². The summed E-state index contributed by atoms with van der Waals surface area (Å²) in [5.74, 6) is 0.197. The number of hydrogen-bond donors (Lipinski definition) is 1. The number of carbonyl (C=O) groups is 1. The lowest BCUT2D eigenvalue weighted by atomic mass is 9.62. The Labute approximate surface area is 107 Å². The predicted octanol–water partition coefficient (Wildman–Crippen LogP) is 2.16. The topological polar surface area (TPSA) is 46.3 Å². The van der Waals surface area contributed by atoms with Gasteiger partial charge in [0.15, 0.2) is 0 Å². The fourth-order valence-electron chi connectivity index (χ4n) is 2.86. The molecule has 2 rings (SSSR count). The van der Waals surface area contributed by atoms with Gasteiger partial charge in [-0.15, -0.1) is 0 Å². The summed E-state index contributed by atoms with van der Waals surface area (Å²) in [5.41, 5.74) is 5.89. The number of nitrogens with two attached hydrogens (primary N) is 1. The third kappa shape index (κ3) is 2.12. The monoisotopic (exact) mass is 250 g/mol. The maximum atomic E-state index is 13.2. The second kappa shape index (κ2) is 4.69. The molecule has 0 aromatic heterocycles. The Morgan fingerprint density at radius 2 is 2.22 bits per heavy atom. The SMILES string of the molecule is CC1CC(CN)(C(=O)N(C)c2cccc(F)c2)C1. The van der Waals surface area contributed by atoms with Crippen LogP contribution in [0.3, 0.4) is 0 Å². The zero-order chi connectivity index (χ0) is 13.3. The van der Waals surface area contributed by atoms with E-state index in [9.17, 15) is 9.18 Å². The minimum atomic E-state index is -0.444. The molecule has 1 aromatic rings. The molecule has 0 heterocycles. The average molecular weight is 250 g/mol. The number of carbonyl (C=O) groups excluding carboxylic acids is 1. The number of nitrogens with zero attached hydrogens (tertiary/aromatic N) is 1. The molecule has 2 N–H and O–H groups in total. The Balaban J connectivity index is 2.18. The Morgan fingerprint density at radius 1 is 1.56 bits per heavy atom. The maximum Gasteiger partial charge on any atom is 0.234 e. The molecule has 18 heavy (non-hydrogen) atoms. The third-order valence-electron chi connectivity index (χ3n) is 3.82. The summed E-state index contributed by atoms with van der Waals surface area (Å²) >= 11 is 0. The van der Waals surface area contributed by atoms with E-state index in [0.717, 1.165) is 12.8 Å². The van der Waals surface area contributed by atoms with Crippen LogP contribution in [0.4, 0.5) is 10.1 Å². The van der Waals surface area contributed by atoms with Gasteiger partial charge in [-0.1, -0.05) is 13.0 Å². The summed E-state index contributed by atoms with van der Waals surface area (Å²) in [6, 6.07) is 6.07. The van der Waals surface area contributed by atoms with Crippen molar-refractivity contribution in [3.05, 3.63) is 30.1 Å². The molecule has 1 fully saturated rings. The number of amides is 1. The standard InChI is InChI=1S/C14H19FN2O/c1-10-7-14(8-10,9-16)13(18)17(2)12-5-3-4-11(15)6-12/h3-6,10H,7-9,16H2,1-2H3. The van der Waals surface area contributed by atoms with Crippen LogP contribution in [-0.4, -0.2) is 19.5 Å². The molecule has 0 bridgehead atoms. The van der Waals surface area contributed by atoms with Crippen molar-refractivity contribution in [1.82, 2.24) is 0 Å². The predicted molar refractivity (Wildman–Crippen MR) is 69.7 cm³/mol. The Morgan fingerprint density at radius 3 is 2.72 bits per heavy atom. The Bertz CT molecular complexity index is 455. The summed E-state index contributed by atoms with van der Waals surface area (Å²) in [6.07, 6.45) is 1.64. The van der Waals surface area contributed by atoms with Gasteiger partial charge < -0.3 is 10.6 Å². The Hall–Kier alpha value is -1.42. The van der Waals surface area contributed by atoms with Crippen LogP contribution in [0.1, 0.15) is 19.8 Å². The minimum Gasteiger partial charge on any atom is -0.329 e. The van der Waals surface area contributed by atoms with Crippen molar-refractivity contribution < 1.29 is 9.18 Å². The first-order chi connectivity index (χ1) is 8.48. The lowest BCUT2D eigenvalue weighted by molar-refractivity contribution is -0.134. The molecule has 3 nitrogen and oxygen atoms in total. The van der Waals surface area contributed by atoms with Crippen LogP contribution < -0.4 is 10.6 Å². The number of anilines is 1. The lowest BCUT2D eigenvalue weighted by Crippen LogP contribution is -2.54. The highest BCUT2D eigenvalue weighted by atomic mass is 19.1. The summed E-state index contributed by atoms with van der Waals surface area (Å²) in [5, 5.41) is 0. The van der Waals surface area contributed by atoms with Gasteiger partial charge in [0.2, 0.25) is 5.91 Å². The zero-order valence-electron chi connectivity index (χ0n) is 10.8. The van der Waals surface area contributed by atoms with E-state index in [1.54, 1.807) is 19.2 Å². The van der Waals surface area contributed by atoms with Crippen molar-refractivity contribution >= 4 is 11.6 Å². The molecular formula is C14H19FN2O. The highest BCUT2D eigenvalue weighted by Crippen LogP contribution is 2.46. The molecule has 1 amide bonds. The van der Waals surface area contributed by atoms with E-state index in [1.807, 2.05) is 0 Å². The molecule has 0 aliphatic heterocycles. The van der Waals surface area contributed by atoms with Crippen molar-refractivity contribution in [2.24, 2.45) is 17.1 Å². The quantitative estimate of drug-likeness (QED) is 0.893. The van der Waals surface area contributed by atoms with Crippen LogP contribution in [0.15, 0.2) is 24.3 Å². The van der Waals surface area contributed by atoms with Crippen molar-refractivity contribution in [2.75, 3.05) is 18.5 Å². The zero-order valence-corrected chi connectivity index (χ0v) is 10.8. The van der Waals surface area contributed by atoms with Crippen molar-refractivity contribution in [3.8, 4) is 0 Å². The molecule has 0 spiro atoms. The second-order valence-corrected chi connectivity index (χ2v) is 5.34. The third-order valence-corrected chi connectivity index (χ3v) is 3.82. The van der Waals surface area contributed by atoms with Crippen LogP contribution in [0.5, 0.6) is 0 Å². The molecule has 1 saturated carbocycles. The fraction of sp³-hybridized carbons (Fsp3) is 0.500. The van der Waals surface area contributed by atoms with Crippen LogP contribution in [0, 0.1) is 17.2 Å². The van der Waals surface area contributed by atoms with Crippen LogP contribution >= 0.6 is 0 Å². The number of hydrogen-bond acceptors (Lipinski definition) is 2. The fourth-order valence-corrected chi connectivity index (χ4v) is 2.86. The van der Waals surface area contributed by atoms with Gasteiger partial charge in [0, 0.05) is 19.3 Å². The molecule has 1 aliphatic carbocycles. The molecule has 0 unspecified atom stereocenters. The minimum absolute atomic E-state index is 0.00583. The summed E-state index contributed by atoms with van der Waals surface area (Å²) in [7, 11) is 1.68. The highest BCUT2D eigenvalue weighted by molar-refractivity contribution is 5.98. The van der Waals surface area contributed by atoms with Gasteiger partial charge in [-0.25, -0.2) is 4.39 Å². The van der Waals surface area contributed by atoms with E-state index < -0.39 is 5.41 Å². The first kappa shape index (κ1) is 13.0. The molecule has 0 radical (unpaired) electrons. The van der Waals surface area contributed by atoms with Crippen LogP contribution in [0.2, 0.25) is 0 Å². The first-order valence-electron chi connectivity index (χ1n) is 6.22. The van der Waals surface area contributed by atoms with Gasteiger partial charge in [0.05, 0.1) is 5.41 Å². The van der Waals surface area contributed by atoms with Gasteiger partial charge in [0.25, 0.3) is 0 Å². The molecule has 98 valence electrons. The summed E-state index contributed by atoms with van der Waals surface area (Å²) < 4.78 is 13.2. The smallest absolute Gasteiger partial charge is 0.234 e. The molecule has 1 aromatic carbocycles. The highest BCUT2D eigenvalue weighted by Gasteiger charge is 2.48. The lowest BCUT2D eigenvalue weighted by Gasteiger charge is -2.46. The number of benzene rings is 1. The molecule has 4 heteroatoms. The van der Waals surface area contributed by atoms with E-state index in [0.29, 0.717) is 18.2 Å². The molecule has 1 aliphatic rings. The van der Waals surface area contributed by atoms with Gasteiger partial charge in [-0.2, -0.15) is 0 Å². The number of rotatable bonds is 3. The first-order valence-corrected chi connectivity index (χ1v) is 6.22. The van der Waals surface area contributed by atoms with Crippen molar-refractivity contribution in [1.29, 1.82) is 0 Å².